The Labute approximate surface area is 111 Å². The van der Waals surface area contributed by atoms with Crippen LogP contribution in [0.1, 0.15) is 18.9 Å². The number of rotatable bonds is 7. The number of hydrogen-bond donors (Lipinski definition) is 1. The molecule has 1 rings (SSSR count). The predicted molar refractivity (Wildman–Crippen MR) is 71.8 cm³/mol. The van der Waals surface area contributed by atoms with E-state index in [0.29, 0.717) is 18.6 Å². The summed E-state index contributed by atoms with van der Waals surface area (Å²) >= 11 is 3.35. The molecule has 1 N–H and O–H groups in total. The topological polar surface area (TPSA) is 21.3 Å². The molecule has 2 nitrogen and oxygen atoms in total. The van der Waals surface area contributed by atoms with Gasteiger partial charge in [-0.3, -0.25) is 0 Å². The summed E-state index contributed by atoms with van der Waals surface area (Å²) in [4.78, 5) is 0. The van der Waals surface area contributed by atoms with Gasteiger partial charge >= 0.3 is 0 Å². The van der Waals surface area contributed by atoms with Crippen molar-refractivity contribution < 1.29 is 9.13 Å². The second-order valence-electron chi connectivity index (χ2n) is 4.00. The van der Waals surface area contributed by atoms with Crippen molar-refractivity contribution in [1.82, 2.24) is 5.32 Å². The van der Waals surface area contributed by atoms with Crippen LogP contribution in [0.3, 0.4) is 0 Å². The number of benzene rings is 1. The van der Waals surface area contributed by atoms with Crippen LogP contribution in [0.25, 0.3) is 0 Å². The quantitative estimate of drug-likeness (QED) is 0.781. The second kappa shape index (κ2) is 7.80. The number of ether oxygens (including phenoxy) is 1. The first kappa shape index (κ1) is 14.6. The van der Waals surface area contributed by atoms with Crippen molar-refractivity contribution in [2.75, 3.05) is 20.3 Å². The third-order valence-corrected chi connectivity index (χ3v) is 3.04. The maximum Gasteiger partial charge on any atom is 0.126 e. The van der Waals surface area contributed by atoms with Gasteiger partial charge in [0.1, 0.15) is 5.82 Å². The van der Waals surface area contributed by atoms with Gasteiger partial charge in [0.25, 0.3) is 0 Å². The van der Waals surface area contributed by atoms with Crippen molar-refractivity contribution in [1.29, 1.82) is 0 Å². The molecule has 0 radical (unpaired) electrons. The lowest BCUT2D eigenvalue weighted by molar-refractivity contribution is 0.113. The average molecular weight is 304 g/mol. The van der Waals surface area contributed by atoms with Gasteiger partial charge in [0, 0.05) is 17.1 Å². The Hall–Kier alpha value is -0.450. The second-order valence-corrected chi connectivity index (χ2v) is 4.92. The Morgan fingerprint density at radius 3 is 2.88 bits per heavy atom. The Morgan fingerprint density at radius 1 is 1.47 bits per heavy atom. The molecule has 0 aliphatic carbocycles. The summed E-state index contributed by atoms with van der Waals surface area (Å²) in [6.45, 7) is 3.43. The molecule has 0 bridgehead atoms. The summed E-state index contributed by atoms with van der Waals surface area (Å²) in [5.41, 5.74) is 0.707. The summed E-state index contributed by atoms with van der Waals surface area (Å²) < 4.78 is 19.9. The van der Waals surface area contributed by atoms with E-state index in [0.717, 1.165) is 17.5 Å². The molecular weight excluding hydrogens is 285 g/mol. The summed E-state index contributed by atoms with van der Waals surface area (Å²) in [7, 11) is 1.87. The fraction of sp³-hybridized carbons (Fsp3) is 0.538. The molecule has 0 aliphatic rings. The zero-order chi connectivity index (χ0) is 12.7. The lowest BCUT2D eigenvalue weighted by Gasteiger charge is -2.16. The molecule has 1 aromatic rings. The molecule has 0 spiro atoms. The van der Waals surface area contributed by atoms with E-state index in [-0.39, 0.29) is 11.9 Å². The summed E-state index contributed by atoms with van der Waals surface area (Å²) in [6.07, 6.45) is 1.63. The van der Waals surface area contributed by atoms with Crippen LogP contribution in [0.15, 0.2) is 22.7 Å². The number of halogens is 2. The van der Waals surface area contributed by atoms with Crippen LogP contribution in [0.5, 0.6) is 0 Å². The van der Waals surface area contributed by atoms with E-state index in [1.807, 2.05) is 13.1 Å². The zero-order valence-corrected chi connectivity index (χ0v) is 11.9. The van der Waals surface area contributed by atoms with Crippen molar-refractivity contribution in [3.8, 4) is 0 Å². The van der Waals surface area contributed by atoms with E-state index in [9.17, 15) is 4.39 Å². The standard InChI is InChI=1S/C13H19BrFNO/c1-3-6-17-9-12(16-2)8-10-7-11(14)4-5-13(10)15/h4-5,7,12,16H,3,6,8-9H2,1-2H3. The Balaban J connectivity index is 2.57. The summed E-state index contributed by atoms with van der Waals surface area (Å²) in [5.74, 6) is -0.163. The largest absolute Gasteiger partial charge is 0.380 e. The van der Waals surface area contributed by atoms with Crippen LogP contribution in [-0.2, 0) is 11.2 Å². The third kappa shape index (κ3) is 5.15. The van der Waals surface area contributed by atoms with E-state index < -0.39 is 0 Å². The van der Waals surface area contributed by atoms with E-state index in [4.69, 9.17) is 4.74 Å². The van der Waals surface area contributed by atoms with Gasteiger partial charge in [-0.15, -0.1) is 0 Å². The van der Waals surface area contributed by atoms with Crippen molar-refractivity contribution in [2.24, 2.45) is 0 Å². The monoisotopic (exact) mass is 303 g/mol. The Morgan fingerprint density at radius 2 is 2.24 bits per heavy atom. The van der Waals surface area contributed by atoms with Crippen molar-refractivity contribution in [3.05, 3.63) is 34.1 Å². The molecule has 0 aromatic heterocycles. The zero-order valence-electron chi connectivity index (χ0n) is 10.3. The Kier molecular flexibility index (Phi) is 6.70. The van der Waals surface area contributed by atoms with E-state index in [1.54, 1.807) is 6.07 Å². The van der Waals surface area contributed by atoms with Crippen LogP contribution in [0.4, 0.5) is 4.39 Å². The normalized spacial score (nSPS) is 12.7. The number of nitrogens with one attached hydrogen (secondary N) is 1. The maximum absolute atomic E-state index is 13.6. The highest BCUT2D eigenvalue weighted by Gasteiger charge is 2.11. The lowest BCUT2D eigenvalue weighted by atomic mass is 10.1. The molecule has 0 saturated carbocycles. The molecule has 4 heteroatoms. The Bertz CT molecular complexity index is 346. The molecule has 1 aromatic carbocycles. The number of likely N-dealkylation sites (N-methyl/N-ethyl adjacent to an activating group) is 1. The number of hydrogen-bond acceptors (Lipinski definition) is 2. The molecule has 1 atom stereocenters. The van der Waals surface area contributed by atoms with Crippen LogP contribution in [0.2, 0.25) is 0 Å². The van der Waals surface area contributed by atoms with Crippen LogP contribution < -0.4 is 5.32 Å². The SMILES string of the molecule is CCCOCC(Cc1cc(Br)ccc1F)NC. The van der Waals surface area contributed by atoms with Gasteiger partial charge in [0.2, 0.25) is 0 Å². The first-order chi connectivity index (χ1) is 8.17. The maximum atomic E-state index is 13.6. The highest BCUT2D eigenvalue weighted by Crippen LogP contribution is 2.17. The van der Waals surface area contributed by atoms with Crippen LogP contribution in [0, 0.1) is 5.82 Å². The molecule has 96 valence electrons. The molecule has 0 saturated heterocycles. The van der Waals surface area contributed by atoms with Crippen molar-refractivity contribution in [2.45, 2.75) is 25.8 Å². The van der Waals surface area contributed by atoms with Gasteiger partial charge in [-0.1, -0.05) is 22.9 Å². The molecular formula is C13H19BrFNO. The lowest BCUT2D eigenvalue weighted by Crippen LogP contribution is -2.33. The minimum absolute atomic E-state index is 0.144. The van der Waals surface area contributed by atoms with Crippen LogP contribution >= 0.6 is 15.9 Å². The third-order valence-electron chi connectivity index (χ3n) is 2.55. The fourth-order valence-corrected chi connectivity index (χ4v) is 1.99. The van der Waals surface area contributed by atoms with Gasteiger partial charge in [0.05, 0.1) is 6.61 Å². The highest BCUT2D eigenvalue weighted by molar-refractivity contribution is 9.10. The summed E-state index contributed by atoms with van der Waals surface area (Å²) in [6, 6.07) is 5.16. The fourth-order valence-electron chi connectivity index (χ4n) is 1.58. The van der Waals surface area contributed by atoms with Crippen molar-refractivity contribution in [3.63, 3.8) is 0 Å². The highest BCUT2D eigenvalue weighted by atomic mass is 79.9. The molecule has 0 aliphatic heterocycles. The predicted octanol–water partition coefficient (Wildman–Crippen LogP) is 3.15. The smallest absolute Gasteiger partial charge is 0.126 e. The molecule has 0 fully saturated rings. The van der Waals surface area contributed by atoms with Gasteiger partial charge in [0.15, 0.2) is 0 Å². The minimum Gasteiger partial charge on any atom is -0.380 e. The molecule has 0 amide bonds. The van der Waals surface area contributed by atoms with Gasteiger partial charge in [-0.05, 0) is 43.7 Å². The first-order valence-electron chi connectivity index (χ1n) is 5.86. The molecule has 1 unspecified atom stereocenters. The first-order valence-corrected chi connectivity index (χ1v) is 6.65. The van der Waals surface area contributed by atoms with E-state index >= 15 is 0 Å². The van der Waals surface area contributed by atoms with Crippen LogP contribution in [-0.4, -0.2) is 26.3 Å². The molecule has 17 heavy (non-hydrogen) atoms. The van der Waals surface area contributed by atoms with Gasteiger partial charge in [-0.2, -0.15) is 0 Å². The molecule has 0 heterocycles. The summed E-state index contributed by atoms with van der Waals surface area (Å²) in [5, 5.41) is 3.15. The van der Waals surface area contributed by atoms with Gasteiger partial charge < -0.3 is 10.1 Å². The van der Waals surface area contributed by atoms with E-state index in [1.165, 1.54) is 6.07 Å². The van der Waals surface area contributed by atoms with Gasteiger partial charge in [-0.25, -0.2) is 4.39 Å². The minimum atomic E-state index is -0.163. The average Bonchev–Trinajstić information content (AvgIpc) is 2.32. The van der Waals surface area contributed by atoms with Crippen molar-refractivity contribution >= 4 is 15.9 Å². The van der Waals surface area contributed by atoms with E-state index in [2.05, 4.69) is 28.2 Å².